The predicted octanol–water partition coefficient (Wildman–Crippen LogP) is 3.54. The topological polar surface area (TPSA) is 103 Å². The molecule has 2 aromatic heterocycles. The Hall–Kier alpha value is -4.20. The van der Waals surface area contributed by atoms with Gasteiger partial charge in [-0.2, -0.15) is 0 Å². The number of fused-ring (bicyclic) bond motifs is 5. The van der Waals surface area contributed by atoms with E-state index >= 15 is 0 Å². The molecule has 0 aliphatic heterocycles. The molecule has 0 radical (unpaired) electrons. The lowest BCUT2D eigenvalue weighted by atomic mass is 10.0. The van der Waals surface area contributed by atoms with Crippen LogP contribution in [0.4, 0.5) is 0 Å². The number of nitrogens with zero attached hydrogens (tertiary/aromatic N) is 2. The number of H-pyrrole nitrogens is 1. The third kappa shape index (κ3) is 3.67. The third-order valence-corrected chi connectivity index (χ3v) is 5.95. The van der Waals surface area contributed by atoms with E-state index in [4.69, 9.17) is 9.47 Å². The standard InChI is InChI=1S/C26H23N3O5/c1-3-33-22(30)12-17-6-5-7-18-19(17)13-21-23(18)28-25(31)24-27-20(14-29(21)24)15-8-10-16(11-9-15)26(32)34-4-2/h5-11,14H,3-4,12-13H2,1-2H3,(H,28,31). The summed E-state index contributed by atoms with van der Waals surface area (Å²) in [6.07, 6.45) is 2.57. The number of nitrogens with one attached hydrogen (secondary N) is 1. The molecule has 1 aliphatic rings. The predicted molar refractivity (Wildman–Crippen MR) is 126 cm³/mol. The van der Waals surface area contributed by atoms with Gasteiger partial charge in [-0.3, -0.25) is 14.0 Å². The van der Waals surface area contributed by atoms with Crippen LogP contribution in [0.3, 0.4) is 0 Å². The first kappa shape index (κ1) is 21.6. The van der Waals surface area contributed by atoms with Crippen molar-refractivity contribution in [1.82, 2.24) is 14.4 Å². The molecule has 4 aromatic rings. The Bertz CT molecular complexity index is 1480. The molecular formula is C26H23N3O5. The minimum absolute atomic E-state index is 0.181. The Balaban J connectivity index is 1.54. The number of aromatic nitrogens is 3. The van der Waals surface area contributed by atoms with Crippen molar-refractivity contribution in [1.29, 1.82) is 0 Å². The first-order valence-electron chi connectivity index (χ1n) is 11.2. The van der Waals surface area contributed by atoms with E-state index in [1.807, 2.05) is 28.8 Å². The summed E-state index contributed by atoms with van der Waals surface area (Å²) in [5.74, 6) is -0.656. The van der Waals surface area contributed by atoms with Crippen molar-refractivity contribution in [3.63, 3.8) is 0 Å². The van der Waals surface area contributed by atoms with Gasteiger partial charge in [-0.05, 0) is 37.1 Å². The number of imidazole rings is 1. The molecule has 8 heteroatoms. The molecule has 0 bridgehead atoms. The quantitative estimate of drug-likeness (QED) is 0.391. The van der Waals surface area contributed by atoms with Gasteiger partial charge in [-0.25, -0.2) is 9.78 Å². The summed E-state index contributed by atoms with van der Waals surface area (Å²) in [5, 5.41) is 0. The second kappa shape index (κ2) is 8.62. The summed E-state index contributed by atoms with van der Waals surface area (Å²) in [6.45, 7) is 4.19. The van der Waals surface area contributed by atoms with Gasteiger partial charge in [0, 0.05) is 23.7 Å². The lowest BCUT2D eigenvalue weighted by Crippen LogP contribution is -2.13. The fourth-order valence-corrected chi connectivity index (χ4v) is 4.41. The zero-order valence-electron chi connectivity index (χ0n) is 18.9. The number of benzene rings is 2. The van der Waals surface area contributed by atoms with Gasteiger partial charge in [0.05, 0.1) is 42.3 Å². The maximum atomic E-state index is 12.9. The van der Waals surface area contributed by atoms with Gasteiger partial charge < -0.3 is 14.5 Å². The summed E-state index contributed by atoms with van der Waals surface area (Å²) in [7, 11) is 0. The number of esters is 2. The zero-order chi connectivity index (χ0) is 23.8. The van der Waals surface area contributed by atoms with Crippen LogP contribution in [0.25, 0.3) is 28.2 Å². The molecule has 34 heavy (non-hydrogen) atoms. The van der Waals surface area contributed by atoms with E-state index in [-0.39, 0.29) is 23.9 Å². The second-order valence-corrected chi connectivity index (χ2v) is 8.00. The minimum Gasteiger partial charge on any atom is -0.466 e. The SMILES string of the molecule is CCOC(=O)Cc1cccc2c1Cc1c-2[nH]c(=O)c2nc(-c3ccc(C(=O)OCC)cc3)cn12. The lowest BCUT2D eigenvalue weighted by molar-refractivity contribution is -0.142. The Morgan fingerprint density at radius 2 is 1.82 bits per heavy atom. The van der Waals surface area contributed by atoms with Gasteiger partial charge in [-0.15, -0.1) is 0 Å². The second-order valence-electron chi connectivity index (χ2n) is 8.00. The summed E-state index contributed by atoms with van der Waals surface area (Å²) in [5.41, 5.74) is 6.30. The first-order chi connectivity index (χ1) is 16.5. The van der Waals surface area contributed by atoms with Crippen LogP contribution >= 0.6 is 0 Å². The monoisotopic (exact) mass is 457 g/mol. The van der Waals surface area contributed by atoms with E-state index < -0.39 is 0 Å². The molecule has 1 aliphatic carbocycles. The largest absolute Gasteiger partial charge is 0.466 e. The number of aromatic amines is 1. The molecule has 5 rings (SSSR count). The van der Waals surface area contributed by atoms with Crippen molar-refractivity contribution in [2.75, 3.05) is 13.2 Å². The van der Waals surface area contributed by atoms with Crippen LogP contribution in [0, 0.1) is 0 Å². The van der Waals surface area contributed by atoms with E-state index in [0.717, 1.165) is 33.6 Å². The molecule has 2 heterocycles. The number of carbonyl (C=O) groups is 2. The van der Waals surface area contributed by atoms with Gasteiger partial charge in [0.2, 0.25) is 5.65 Å². The summed E-state index contributed by atoms with van der Waals surface area (Å²) in [4.78, 5) is 44.4. The Morgan fingerprint density at radius 1 is 1.06 bits per heavy atom. The number of carbonyl (C=O) groups excluding carboxylic acids is 2. The van der Waals surface area contributed by atoms with E-state index in [9.17, 15) is 14.4 Å². The average Bonchev–Trinajstić information content (AvgIpc) is 3.43. The highest BCUT2D eigenvalue weighted by Crippen LogP contribution is 2.37. The molecule has 1 N–H and O–H groups in total. The maximum Gasteiger partial charge on any atom is 0.338 e. The number of hydrogen-bond donors (Lipinski definition) is 1. The summed E-state index contributed by atoms with van der Waals surface area (Å²) in [6, 6.07) is 12.7. The third-order valence-electron chi connectivity index (χ3n) is 5.95. The Labute approximate surface area is 195 Å². The fraction of sp³-hybridized carbons (Fsp3) is 0.231. The van der Waals surface area contributed by atoms with Crippen molar-refractivity contribution in [2.24, 2.45) is 0 Å². The van der Waals surface area contributed by atoms with E-state index in [1.165, 1.54) is 0 Å². The molecule has 0 spiro atoms. The van der Waals surface area contributed by atoms with Crippen LogP contribution < -0.4 is 5.56 Å². The van der Waals surface area contributed by atoms with Crippen molar-refractivity contribution >= 4 is 17.6 Å². The van der Waals surface area contributed by atoms with Crippen molar-refractivity contribution in [3.8, 4) is 22.5 Å². The maximum absolute atomic E-state index is 12.9. The molecule has 0 saturated carbocycles. The van der Waals surface area contributed by atoms with Crippen LogP contribution in [-0.2, 0) is 27.1 Å². The molecule has 172 valence electrons. The van der Waals surface area contributed by atoms with Crippen LogP contribution in [0.1, 0.15) is 41.0 Å². The Kier molecular flexibility index (Phi) is 5.49. The molecule has 0 amide bonds. The Morgan fingerprint density at radius 3 is 2.56 bits per heavy atom. The molecule has 0 saturated heterocycles. The van der Waals surface area contributed by atoms with Gasteiger partial charge in [0.15, 0.2) is 0 Å². The molecule has 0 unspecified atom stereocenters. The fourth-order valence-electron chi connectivity index (χ4n) is 4.41. The van der Waals surface area contributed by atoms with Crippen molar-refractivity contribution in [2.45, 2.75) is 26.7 Å². The van der Waals surface area contributed by atoms with Crippen LogP contribution in [-0.4, -0.2) is 39.5 Å². The number of rotatable bonds is 6. The smallest absolute Gasteiger partial charge is 0.338 e. The van der Waals surface area contributed by atoms with Crippen LogP contribution in [0.5, 0.6) is 0 Å². The van der Waals surface area contributed by atoms with Gasteiger partial charge >= 0.3 is 11.9 Å². The summed E-state index contributed by atoms with van der Waals surface area (Å²) >= 11 is 0. The number of ether oxygens (including phenoxy) is 2. The highest BCUT2D eigenvalue weighted by Gasteiger charge is 2.26. The zero-order valence-corrected chi connectivity index (χ0v) is 18.9. The lowest BCUT2D eigenvalue weighted by Gasteiger charge is -2.07. The summed E-state index contributed by atoms with van der Waals surface area (Å²) < 4.78 is 12.0. The highest BCUT2D eigenvalue weighted by molar-refractivity contribution is 5.90. The first-order valence-corrected chi connectivity index (χ1v) is 11.2. The molecular weight excluding hydrogens is 434 g/mol. The average molecular weight is 457 g/mol. The van der Waals surface area contributed by atoms with Gasteiger partial charge in [0.1, 0.15) is 0 Å². The van der Waals surface area contributed by atoms with E-state index in [0.29, 0.717) is 36.5 Å². The van der Waals surface area contributed by atoms with E-state index in [1.54, 1.807) is 38.1 Å². The van der Waals surface area contributed by atoms with Gasteiger partial charge in [-0.1, -0.05) is 30.3 Å². The molecule has 8 nitrogen and oxygen atoms in total. The van der Waals surface area contributed by atoms with Crippen molar-refractivity contribution < 1.29 is 19.1 Å². The number of hydrogen-bond acceptors (Lipinski definition) is 6. The minimum atomic E-state index is -0.380. The van der Waals surface area contributed by atoms with Crippen LogP contribution in [0.2, 0.25) is 0 Å². The van der Waals surface area contributed by atoms with Crippen molar-refractivity contribution in [3.05, 3.63) is 81.4 Å². The highest BCUT2D eigenvalue weighted by atomic mass is 16.5. The molecule has 0 atom stereocenters. The molecule has 0 fully saturated rings. The molecule has 2 aromatic carbocycles. The van der Waals surface area contributed by atoms with Gasteiger partial charge in [0.25, 0.3) is 5.56 Å². The normalized spacial score (nSPS) is 11.8. The van der Waals surface area contributed by atoms with E-state index in [2.05, 4.69) is 9.97 Å². The van der Waals surface area contributed by atoms with Crippen LogP contribution in [0.15, 0.2) is 53.5 Å².